The molecular formula is C11H16N4O3. The van der Waals surface area contributed by atoms with Gasteiger partial charge in [-0.15, -0.1) is 10.2 Å². The van der Waals surface area contributed by atoms with Gasteiger partial charge in [0.15, 0.2) is 5.69 Å². The van der Waals surface area contributed by atoms with E-state index in [-0.39, 0.29) is 11.6 Å². The van der Waals surface area contributed by atoms with E-state index in [1.807, 2.05) is 13.8 Å². The van der Waals surface area contributed by atoms with Crippen LogP contribution in [0, 0.1) is 5.92 Å². The highest BCUT2D eigenvalue weighted by molar-refractivity contribution is 5.90. The number of nitrogens with two attached hydrogens (primary N) is 1. The number of aliphatic carboxylic acids is 1. The number of nitrogens with zero attached hydrogens (tertiary/aromatic N) is 2. The van der Waals surface area contributed by atoms with Crippen molar-refractivity contribution in [1.82, 2.24) is 10.2 Å². The highest BCUT2D eigenvalue weighted by Crippen LogP contribution is 2.13. The van der Waals surface area contributed by atoms with Crippen molar-refractivity contribution in [2.24, 2.45) is 11.7 Å². The lowest BCUT2D eigenvalue weighted by Crippen LogP contribution is -2.35. The summed E-state index contributed by atoms with van der Waals surface area (Å²) in [5, 5.41) is 19.2. The largest absolute Gasteiger partial charge is 0.480 e. The van der Waals surface area contributed by atoms with Crippen LogP contribution in [0.5, 0.6) is 0 Å². The number of nitrogens with one attached hydrogen (secondary N) is 1. The fourth-order valence-electron chi connectivity index (χ4n) is 1.38. The maximum absolute atomic E-state index is 11.1. The lowest BCUT2D eigenvalue weighted by molar-refractivity contribution is -0.139. The second kappa shape index (κ2) is 5.95. The fraction of sp³-hybridized carbons (Fsp3) is 0.455. The van der Waals surface area contributed by atoms with Crippen molar-refractivity contribution in [1.29, 1.82) is 0 Å². The molecule has 0 saturated heterocycles. The summed E-state index contributed by atoms with van der Waals surface area (Å²) in [6.45, 7) is 3.74. The molecule has 0 unspecified atom stereocenters. The highest BCUT2D eigenvalue weighted by atomic mass is 16.4. The third-order valence-corrected chi connectivity index (χ3v) is 2.70. The Labute approximate surface area is 104 Å². The number of hydrogen-bond donors (Lipinski definition) is 3. The topological polar surface area (TPSA) is 118 Å². The van der Waals surface area contributed by atoms with Crippen LogP contribution in [0.3, 0.4) is 0 Å². The molecule has 0 aliphatic heterocycles. The van der Waals surface area contributed by atoms with Crippen molar-refractivity contribution in [3.63, 3.8) is 0 Å². The summed E-state index contributed by atoms with van der Waals surface area (Å²) in [7, 11) is 0. The van der Waals surface area contributed by atoms with Crippen LogP contribution in [-0.4, -0.2) is 33.2 Å². The minimum Gasteiger partial charge on any atom is -0.480 e. The molecule has 4 N–H and O–H groups in total. The van der Waals surface area contributed by atoms with Gasteiger partial charge in [0.2, 0.25) is 0 Å². The molecule has 0 bridgehead atoms. The van der Waals surface area contributed by atoms with Gasteiger partial charge in [0.25, 0.3) is 5.91 Å². The molecule has 0 fully saturated rings. The lowest BCUT2D eigenvalue weighted by atomic mass is 9.99. The van der Waals surface area contributed by atoms with Gasteiger partial charge >= 0.3 is 5.97 Å². The Kier molecular flexibility index (Phi) is 4.59. The molecular weight excluding hydrogens is 236 g/mol. The molecule has 1 amide bonds. The maximum atomic E-state index is 11.1. The molecule has 7 heteroatoms. The number of carboxylic acid groups (broad SMARTS) is 1. The SMILES string of the molecule is CC[C@H](C)[C@H](Nc1ccc(C(N)=O)nn1)C(=O)O. The summed E-state index contributed by atoms with van der Waals surface area (Å²) in [4.78, 5) is 21.9. The molecule has 7 nitrogen and oxygen atoms in total. The zero-order chi connectivity index (χ0) is 13.7. The van der Waals surface area contributed by atoms with Gasteiger partial charge in [-0.05, 0) is 18.1 Å². The number of rotatable bonds is 6. The van der Waals surface area contributed by atoms with Crippen LogP contribution in [0.1, 0.15) is 30.8 Å². The van der Waals surface area contributed by atoms with Crippen molar-refractivity contribution >= 4 is 17.7 Å². The van der Waals surface area contributed by atoms with Crippen molar-refractivity contribution in [2.45, 2.75) is 26.3 Å². The molecule has 1 aromatic heterocycles. The Morgan fingerprint density at radius 3 is 2.50 bits per heavy atom. The van der Waals surface area contributed by atoms with E-state index in [2.05, 4.69) is 15.5 Å². The summed E-state index contributed by atoms with van der Waals surface area (Å²) in [6.07, 6.45) is 0.719. The van der Waals surface area contributed by atoms with Gasteiger partial charge in [0.05, 0.1) is 0 Å². The van der Waals surface area contributed by atoms with Gasteiger partial charge < -0.3 is 16.2 Å². The monoisotopic (exact) mass is 252 g/mol. The Balaban J connectivity index is 2.81. The molecule has 0 aliphatic carbocycles. The molecule has 0 aliphatic rings. The van der Waals surface area contributed by atoms with Crippen LogP contribution in [-0.2, 0) is 4.79 Å². The number of hydrogen-bond acceptors (Lipinski definition) is 5. The minimum atomic E-state index is -0.954. The van der Waals surface area contributed by atoms with Gasteiger partial charge in [-0.25, -0.2) is 4.79 Å². The van der Waals surface area contributed by atoms with Crippen molar-refractivity contribution in [3.8, 4) is 0 Å². The lowest BCUT2D eigenvalue weighted by Gasteiger charge is -2.20. The first-order valence-electron chi connectivity index (χ1n) is 5.58. The summed E-state index contributed by atoms with van der Waals surface area (Å²) in [6, 6.07) is 2.13. The molecule has 1 rings (SSSR count). The molecule has 1 aromatic rings. The molecule has 0 saturated carbocycles. The summed E-state index contributed by atoms with van der Waals surface area (Å²) < 4.78 is 0. The molecule has 0 spiro atoms. The second-order valence-electron chi connectivity index (χ2n) is 4.01. The van der Waals surface area contributed by atoms with Gasteiger partial charge in [-0.2, -0.15) is 0 Å². The smallest absolute Gasteiger partial charge is 0.326 e. The number of carboxylic acids is 1. The van der Waals surface area contributed by atoms with E-state index in [1.165, 1.54) is 12.1 Å². The average Bonchev–Trinajstić information content (AvgIpc) is 2.35. The summed E-state index contributed by atoms with van der Waals surface area (Å²) in [5.74, 6) is -1.39. The second-order valence-corrected chi connectivity index (χ2v) is 4.01. The van der Waals surface area contributed by atoms with E-state index < -0.39 is 17.9 Å². The van der Waals surface area contributed by atoms with E-state index in [4.69, 9.17) is 10.8 Å². The van der Waals surface area contributed by atoms with Gasteiger partial charge in [0.1, 0.15) is 11.9 Å². The third kappa shape index (κ3) is 3.41. The first kappa shape index (κ1) is 13.9. The number of primary amides is 1. The number of anilines is 1. The molecule has 1 heterocycles. The summed E-state index contributed by atoms with van der Waals surface area (Å²) >= 11 is 0. The van der Waals surface area contributed by atoms with E-state index in [1.54, 1.807) is 0 Å². The van der Waals surface area contributed by atoms with Gasteiger partial charge in [-0.1, -0.05) is 20.3 Å². The van der Waals surface area contributed by atoms with Crippen LogP contribution in [0.4, 0.5) is 5.82 Å². The highest BCUT2D eigenvalue weighted by Gasteiger charge is 2.23. The van der Waals surface area contributed by atoms with Gasteiger partial charge in [-0.3, -0.25) is 4.79 Å². The standard InChI is InChI=1S/C11H16N4O3/c1-3-6(2)9(11(17)18)13-8-5-4-7(10(12)16)14-15-8/h4-6,9H,3H2,1-2H3,(H2,12,16)(H,13,15)(H,17,18)/t6-,9-/m0/s1. The molecule has 0 radical (unpaired) electrons. The molecule has 98 valence electrons. The fourth-order valence-corrected chi connectivity index (χ4v) is 1.38. The molecule has 0 aromatic carbocycles. The Bertz CT molecular complexity index is 432. The van der Waals surface area contributed by atoms with E-state index in [9.17, 15) is 9.59 Å². The van der Waals surface area contributed by atoms with E-state index in [0.717, 1.165) is 6.42 Å². The molecule has 2 atom stereocenters. The normalized spacial score (nSPS) is 13.7. The van der Waals surface area contributed by atoms with Crippen LogP contribution in [0.25, 0.3) is 0 Å². The zero-order valence-corrected chi connectivity index (χ0v) is 10.3. The molecule has 18 heavy (non-hydrogen) atoms. The van der Waals surface area contributed by atoms with E-state index in [0.29, 0.717) is 5.82 Å². The van der Waals surface area contributed by atoms with Crippen molar-refractivity contribution in [3.05, 3.63) is 17.8 Å². The quantitative estimate of drug-likeness (QED) is 0.678. The predicted molar refractivity (Wildman–Crippen MR) is 65.1 cm³/mol. The number of carbonyl (C=O) groups excluding carboxylic acids is 1. The van der Waals surface area contributed by atoms with Crippen LogP contribution in [0.2, 0.25) is 0 Å². The van der Waals surface area contributed by atoms with Gasteiger partial charge in [0, 0.05) is 0 Å². The predicted octanol–water partition coefficient (Wildman–Crippen LogP) is 0.487. The maximum Gasteiger partial charge on any atom is 0.326 e. The number of aromatic nitrogens is 2. The number of carbonyl (C=O) groups is 2. The van der Waals surface area contributed by atoms with Crippen LogP contribution in [0.15, 0.2) is 12.1 Å². The first-order valence-corrected chi connectivity index (χ1v) is 5.58. The van der Waals surface area contributed by atoms with Crippen LogP contribution >= 0.6 is 0 Å². The first-order chi connectivity index (χ1) is 8.45. The van der Waals surface area contributed by atoms with Crippen LogP contribution < -0.4 is 11.1 Å². The van der Waals surface area contributed by atoms with Crippen molar-refractivity contribution < 1.29 is 14.7 Å². The Hall–Kier alpha value is -2.18. The third-order valence-electron chi connectivity index (χ3n) is 2.70. The van der Waals surface area contributed by atoms with Crippen molar-refractivity contribution in [2.75, 3.05) is 5.32 Å². The minimum absolute atomic E-state index is 0.0379. The Morgan fingerprint density at radius 1 is 1.44 bits per heavy atom. The number of amides is 1. The summed E-state index contributed by atoms with van der Waals surface area (Å²) in [5.41, 5.74) is 5.07. The van der Waals surface area contributed by atoms with E-state index >= 15 is 0 Å². The Morgan fingerprint density at radius 2 is 2.11 bits per heavy atom. The zero-order valence-electron chi connectivity index (χ0n) is 10.3. The average molecular weight is 252 g/mol.